The number of oxime groups is 1. The maximum Gasteiger partial charge on any atom is 0.472 e. The second-order valence-electron chi connectivity index (χ2n) is 10.7. The zero-order valence-corrected chi connectivity index (χ0v) is 22.0. The smallest absolute Gasteiger partial charge is 0.390 e. The van der Waals surface area contributed by atoms with Gasteiger partial charge in [0.15, 0.2) is 5.78 Å². The maximum absolute atomic E-state index is 12.4. The summed E-state index contributed by atoms with van der Waals surface area (Å²) in [6.45, 7) is 15.0. The van der Waals surface area contributed by atoms with Crippen LogP contribution in [0.25, 0.3) is 0 Å². The number of aliphatic hydroxyl groups excluding tert-OH is 1. The third-order valence-electron chi connectivity index (χ3n) is 4.15. The van der Waals surface area contributed by atoms with Crippen molar-refractivity contribution in [3.05, 3.63) is 0 Å². The van der Waals surface area contributed by atoms with Gasteiger partial charge in [-0.05, 0) is 61.3 Å². The normalized spacial score (nSPS) is 16.4. The van der Waals surface area contributed by atoms with Crippen LogP contribution in [0.1, 0.15) is 94.4 Å². The molecule has 0 aromatic heterocycles. The number of carbonyl (C=O) groups is 2. The minimum absolute atomic E-state index is 0.000685. The Hall–Kier alpha value is -1.12. The van der Waals surface area contributed by atoms with E-state index in [2.05, 4.69) is 5.16 Å². The Morgan fingerprint density at radius 3 is 2.00 bits per heavy atom. The van der Waals surface area contributed by atoms with E-state index < -0.39 is 30.7 Å². The summed E-state index contributed by atoms with van der Waals surface area (Å²) in [6, 6.07) is 0. The summed E-state index contributed by atoms with van der Waals surface area (Å²) < 4.78 is 22.0. The molecular weight excluding hydrogens is 437 g/mol. The van der Waals surface area contributed by atoms with Gasteiger partial charge in [-0.3, -0.25) is 18.6 Å². The fraction of sp³-hybridized carbons (Fsp3) is 0.864. The fourth-order valence-corrected chi connectivity index (χ4v) is 3.68. The van der Waals surface area contributed by atoms with Crippen molar-refractivity contribution >= 4 is 25.1 Å². The average Bonchev–Trinajstić information content (AvgIpc) is 2.60. The molecule has 9 nitrogen and oxygen atoms in total. The first kappa shape index (κ1) is 30.9. The van der Waals surface area contributed by atoms with E-state index in [-0.39, 0.29) is 30.8 Å². The summed E-state index contributed by atoms with van der Waals surface area (Å²) in [6.07, 6.45) is -0.0749. The predicted octanol–water partition coefficient (Wildman–Crippen LogP) is 4.59. The molecule has 10 heteroatoms. The van der Waals surface area contributed by atoms with Gasteiger partial charge in [0.25, 0.3) is 0 Å². The molecule has 0 aliphatic heterocycles. The number of hydrogen-bond acceptors (Lipinski definition) is 8. The van der Waals surface area contributed by atoms with Crippen LogP contribution in [0, 0.1) is 5.41 Å². The van der Waals surface area contributed by atoms with E-state index in [1.165, 1.54) is 0 Å². The first-order valence-electron chi connectivity index (χ1n) is 10.9. The van der Waals surface area contributed by atoms with E-state index in [9.17, 15) is 24.2 Å². The summed E-state index contributed by atoms with van der Waals surface area (Å²) in [4.78, 5) is 39.5. The first-order chi connectivity index (χ1) is 14.2. The highest BCUT2D eigenvalue weighted by Crippen LogP contribution is 2.48. The summed E-state index contributed by atoms with van der Waals surface area (Å²) >= 11 is 0. The standard InChI is InChI=1S/C22H42NO8P/c1-16(23-30-20(2,3)4)13-14-17(24)11-10-12-18(25)19(26)22(8,9)15-29-32(27,28)31-21(5,6)7/h19,26H,10-15H2,1-9H3,(H,27,28)/b23-16+. The summed E-state index contributed by atoms with van der Waals surface area (Å²) in [5.41, 5.74) is -1.67. The Labute approximate surface area is 192 Å². The molecule has 0 aliphatic rings. The zero-order chi connectivity index (χ0) is 25.4. The Morgan fingerprint density at radius 1 is 0.938 bits per heavy atom. The van der Waals surface area contributed by atoms with Crippen LogP contribution in [0.4, 0.5) is 0 Å². The average molecular weight is 480 g/mol. The molecule has 0 spiro atoms. The van der Waals surface area contributed by atoms with E-state index in [0.717, 1.165) is 5.71 Å². The number of rotatable bonds is 14. The molecule has 188 valence electrons. The fourth-order valence-electron chi connectivity index (χ4n) is 2.44. The van der Waals surface area contributed by atoms with E-state index in [1.807, 2.05) is 20.8 Å². The number of nitrogens with zero attached hydrogens (tertiary/aromatic N) is 1. The molecular formula is C22H42NO8P. The molecule has 0 heterocycles. The lowest BCUT2D eigenvalue weighted by Gasteiger charge is -2.31. The summed E-state index contributed by atoms with van der Waals surface area (Å²) in [5.74, 6) is -0.451. The van der Waals surface area contributed by atoms with Crippen molar-refractivity contribution in [3.63, 3.8) is 0 Å². The van der Waals surface area contributed by atoms with E-state index in [4.69, 9.17) is 13.9 Å². The molecule has 0 aromatic carbocycles. The van der Waals surface area contributed by atoms with Gasteiger partial charge in [0, 0.05) is 24.7 Å². The van der Waals surface area contributed by atoms with Gasteiger partial charge in [-0.25, -0.2) is 4.57 Å². The second-order valence-corrected chi connectivity index (χ2v) is 12.1. The molecule has 0 fully saturated rings. The van der Waals surface area contributed by atoms with Gasteiger partial charge in [0.1, 0.15) is 17.5 Å². The Balaban J connectivity index is 4.46. The monoisotopic (exact) mass is 479 g/mol. The van der Waals surface area contributed by atoms with E-state index in [1.54, 1.807) is 41.5 Å². The van der Waals surface area contributed by atoms with Gasteiger partial charge >= 0.3 is 7.82 Å². The number of phosphoric ester groups is 1. The van der Waals surface area contributed by atoms with Crippen LogP contribution < -0.4 is 0 Å². The third-order valence-corrected chi connectivity index (χ3v) is 5.39. The van der Waals surface area contributed by atoms with Crippen LogP contribution in [0.15, 0.2) is 5.16 Å². The van der Waals surface area contributed by atoms with Crippen molar-refractivity contribution in [3.8, 4) is 0 Å². The van der Waals surface area contributed by atoms with Crippen molar-refractivity contribution in [1.29, 1.82) is 0 Å². The van der Waals surface area contributed by atoms with Gasteiger partial charge < -0.3 is 14.8 Å². The molecule has 0 radical (unpaired) electrons. The molecule has 0 rings (SSSR count). The molecule has 0 saturated heterocycles. The van der Waals surface area contributed by atoms with Crippen LogP contribution in [0.5, 0.6) is 0 Å². The van der Waals surface area contributed by atoms with Crippen LogP contribution >= 0.6 is 7.82 Å². The molecule has 0 aliphatic carbocycles. The summed E-state index contributed by atoms with van der Waals surface area (Å²) in [7, 11) is -4.33. The lowest BCUT2D eigenvalue weighted by atomic mass is 9.84. The van der Waals surface area contributed by atoms with Crippen molar-refractivity contribution in [2.45, 2.75) is 112 Å². The number of phosphoric acid groups is 1. The number of hydrogen-bond donors (Lipinski definition) is 2. The van der Waals surface area contributed by atoms with E-state index >= 15 is 0 Å². The molecule has 0 saturated carbocycles. The van der Waals surface area contributed by atoms with Crippen LogP contribution in [0.3, 0.4) is 0 Å². The molecule has 0 aromatic rings. The Kier molecular flexibility index (Phi) is 11.9. The van der Waals surface area contributed by atoms with Crippen LogP contribution in [0.2, 0.25) is 0 Å². The highest BCUT2D eigenvalue weighted by molar-refractivity contribution is 7.47. The topological polar surface area (TPSA) is 132 Å². The molecule has 0 bridgehead atoms. The number of carbonyl (C=O) groups excluding carboxylic acids is 2. The number of aliphatic hydroxyl groups is 1. The largest absolute Gasteiger partial charge is 0.472 e. The summed E-state index contributed by atoms with van der Waals surface area (Å²) in [5, 5.41) is 14.4. The van der Waals surface area contributed by atoms with E-state index in [0.29, 0.717) is 19.3 Å². The van der Waals surface area contributed by atoms with Gasteiger partial charge in [0.05, 0.1) is 17.9 Å². The highest BCUT2D eigenvalue weighted by Gasteiger charge is 2.37. The second kappa shape index (κ2) is 12.4. The van der Waals surface area contributed by atoms with Gasteiger partial charge in [-0.2, -0.15) is 0 Å². The lowest BCUT2D eigenvalue weighted by Crippen LogP contribution is -2.39. The lowest BCUT2D eigenvalue weighted by molar-refractivity contribution is -0.135. The SMILES string of the molecule is C/C(CCC(=O)CCCC(=O)C(O)C(C)(C)COP(=O)(O)OC(C)(C)C)=N\OC(C)(C)C. The predicted molar refractivity (Wildman–Crippen MR) is 123 cm³/mol. The van der Waals surface area contributed by atoms with Crippen molar-refractivity contribution in [1.82, 2.24) is 0 Å². The van der Waals surface area contributed by atoms with Crippen molar-refractivity contribution in [2.75, 3.05) is 6.61 Å². The quantitative estimate of drug-likeness (QED) is 0.210. The minimum Gasteiger partial charge on any atom is -0.390 e. The Bertz CT molecular complexity index is 704. The molecule has 32 heavy (non-hydrogen) atoms. The van der Waals surface area contributed by atoms with Crippen molar-refractivity contribution in [2.24, 2.45) is 10.6 Å². The first-order valence-corrected chi connectivity index (χ1v) is 12.4. The van der Waals surface area contributed by atoms with Gasteiger partial charge in [-0.15, -0.1) is 0 Å². The van der Waals surface area contributed by atoms with Crippen molar-refractivity contribution < 1.29 is 38.0 Å². The highest BCUT2D eigenvalue weighted by atomic mass is 31.2. The molecule has 2 N–H and O–H groups in total. The number of ketones is 2. The van der Waals surface area contributed by atoms with Crippen LogP contribution in [-0.4, -0.2) is 51.2 Å². The molecule has 2 atom stereocenters. The van der Waals surface area contributed by atoms with Gasteiger partial charge in [0.2, 0.25) is 0 Å². The zero-order valence-electron chi connectivity index (χ0n) is 21.1. The minimum atomic E-state index is -4.33. The number of Topliss-reactive ketones (excluding diaryl/α,β-unsaturated/α-hetero) is 2. The molecule has 0 amide bonds. The Morgan fingerprint density at radius 2 is 1.50 bits per heavy atom. The van der Waals surface area contributed by atoms with Gasteiger partial charge in [-0.1, -0.05) is 19.0 Å². The van der Waals surface area contributed by atoms with Crippen LogP contribution in [-0.2, 0) is 28.0 Å². The molecule has 2 unspecified atom stereocenters. The maximum atomic E-state index is 12.4. The third kappa shape index (κ3) is 14.9.